The van der Waals surface area contributed by atoms with Crippen LogP contribution in [0.3, 0.4) is 0 Å². The lowest BCUT2D eigenvalue weighted by molar-refractivity contribution is -0.249. The number of aromatic nitrogens is 1. The number of β-lactam (4-membered cyclic amide) rings is 1. The maximum Gasteiger partial charge on any atom is 0.344 e. The number of nitrogen functional groups attached to an aromatic ring is 1. The van der Waals surface area contributed by atoms with Crippen LogP contribution in [0.1, 0.15) is 19.5 Å². The molecule has 2 rings (SSSR count). The van der Waals surface area contributed by atoms with Crippen molar-refractivity contribution in [2.45, 2.75) is 25.4 Å². The Hall–Kier alpha value is -2.82. The van der Waals surface area contributed by atoms with Crippen molar-refractivity contribution in [3.63, 3.8) is 0 Å². The molecule has 1 aromatic rings. The van der Waals surface area contributed by atoms with E-state index in [1.165, 1.54) is 19.2 Å². The summed E-state index contributed by atoms with van der Waals surface area (Å²) in [6.07, 6.45) is 0. The highest BCUT2D eigenvalue weighted by Crippen LogP contribution is 2.32. The van der Waals surface area contributed by atoms with Gasteiger partial charge in [-0.05, 0) is 13.8 Å². The Morgan fingerprint density at radius 1 is 1.48 bits per heavy atom. The van der Waals surface area contributed by atoms with E-state index < -0.39 is 57.7 Å². The summed E-state index contributed by atoms with van der Waals surface area (Å²) < 4.78 is 30.3. The van der Waals surface area contributed by atoms with E-state index >= 15 is 0 Å². The molecule has 16 heteroatoms. The molecule has 2 amide bonds. The number of nitrogens with zero attached hydrogens (tertiary/aromatic N) is 3. The molecular weight excluding hydrogens is 434 g/mol. The van der Waals surface area contributed by atoms with Crippen molar-refractivity contribution in [2.75, 3.05) is 18.3 Å². The predicted molar refractivity (Wildman–Crippen MR) is 97.0 cm³/mol. The van der Waals surface area contributed by atoms with Gasteiger partial charge in [0.1, 0.15) is 11.7 Å². The summed E-state index contributed by atoms with van der Waals surface area (Å²) in [6, 6.07) is -1.14. The molecule has 1 aromatic heterocycles. The average Bonchev–Trinajstić information content (AvgIpc) is 3.00. The zero-order valence-corrected chi connectivity index (χ0v) is 16.7. The first kappa shape index (κ1) is 22.5. The molecule has 29 heavy (non-hydrogen) atoms. The highest BCUT2D eigenvalue weighted by molar-refractivity contribution is 7.85. The lowest BCUT2D eigenvalue weighted by Crippen LogP contribution is -2.76. The van der Waals surface area contributed by atoms with Crippen LogP contribution in [-0.2, 0) is 34.2 Å². The van der Waals surface area contributed by atoms with Crippen LogP contribution >= 0.6 is 11.3 Å². The first-order valence-electron chi connectivity index (χ1n) is 7.69. The Balaban J connectivity index is 2.14. The van der Waals surface area contributed by atoms with Gasteiger partial charge >= 0.3 is 5.97 Å². The molecule has 160 valence electrons. The van der Waals surface area contributed by atoms with Crippen molar-refractivity contribution in [1.29, 1.82) is 0 Å². The van der Waals surface area contributed by atoms with Crippen molar-refractivity contribution < 1.29 is 42.1 Å². The lowest BCUT2D eigenvalue weighted by atomic mass is 9.84. The third kappa shape index (κ3) is 5.37. The van der Waals surface area contributed by atoms with Crippen LogP contribution in [0.5, 0.6) is 0 Å². The molecule has 1 aliphatic heterocycles. The van der Waals surface area contributed by atoms with Crippen LogP contribution in [0.2, 0.25) is 0 Å². The monoisotopic (exact) mass is 451 g/mol. The van der Waals surface area contributed by atoms with E-state index in [9.17, 15) is 22.8 Å². The smallest absolute Gasteiger partial charge is 0.344 e. The van der Waals surface area contributed by atoms with Crippen LogP contribution in [0.15, 0.2) is 10.5 Å². The van der Waals surface area contributed by atoms with E-state index in [2.05, 4.69) is 20.3 Å². The summed E-state index contributed by atoms with van der Waals surface area (Å²) in [5, 5.41) is 16.7. The van der Waals surface area contributed by atoms with Gasteiger partial charge < -0.3 is 21.0 Å². The summed E-state index contributed by atoms with van der Waals surface area (Å²) >= 11 is 0.996. The highest BCUT2D eigenvalue weighted by atomic mass is 32.2. The van der Waals surface area contributed by atoms with Gasteiger partial charge in [0.05, 0.1) is 5.54 Å². The molecule has 0 bridgehead atoms. The lowest BCUT2D eigenvalue weighted by Gasteiger charge is -2.51. The minimum absolute atomic E-state index is 0.000512. The van der Waals surface area contributed by atoms with Crippen LogP contribution in [0.4, 0.5) is 5.13 Å². The van der Waals surface area contributed by atoms with Gasteiger partial charge in [-0.25, -0.2) is 14.8 Å². The number of carboxylic acids is 1. The molecule has 0 aromatic carbocycles. The van der Waals surface area contributed by atoms with E-state index in [0.717, 1.165) is 11.3 Å². The number of hydroxylamine groups is 2. The zero-order valence-electron chi connectivity index (χ0n) is 15.1. The fourth-order valence-electron chi connectivity index (χ4n) is 2.29. The van der Waals surface area contributed by atoms with Gasteiger partial charge in [-0.3, -0.25) is 19.0 Å². The topological polar surface area (TPSA) is 211 Å². The number of aliphatic carboxylic acids is 1. The van der Waals surface area contributed by atoms with Crippen LogP contribution in [0, 0.1) is 0 Å². The Labute approximate surface area is 168 Å². The maximum atomic E-state index is 12.6. The number of carbonyl (C=O) groups is 3. The standard InChI is InChI=1S/C13H17N5O9S2/c1-13(2)9(11(22)18(13)27-5-29(23,24)25)16-10(21)8(17-26-3-7(19)20)6-4-28-12(14)15-6/h4,9H,3,5H2,1-2H3,(H2,14,15)(H,16,21)(H,19,20)(H,23,24,25)/t9-/m1/s1. The molecule has 0 saturated carbocycles. The van der Waals surface area contributed by atoms with E-state index in [1.807, 2.05) is 0 Å². The number of nitrogens with two attached hydrogens (primary N) is 1. The second kappa shape index (κ2) is 8.27. The number of thiazole rings is 1. The zero-order chi connectivity index (χ0) is 22.0. The molecule has 5 N–H and O–H groups in total. The van der Waals surface area contributed by atoms with E-state index in [1.54, 1.807) is 0 Å². The van der Waals surface area contributed by atoms with Crippen molar-refractivity contribution in [3.05, 3.63) is 11.1 Å². The molecule has 1 atom stereocenters. The highest BCUT2D eigenvalue weighted by Gasteiger charge is 2.56. The Bertz CT molecular complexity index is 956. The first-order valence-corrected chi connectivity index (χ1v) is 10.2. The Morgan fingerprint density at radius 3 is 2.62 bits per heavy atom. The first-order chi connectivity index (χ1) is 13.3. The number of oxime groups is 1. The van der Waals surface area contributed by atoms with E-state index in [4.69, 9.17) is 20.2 Å². The number of carbonyl (C=O) groups excluding carboxylic acids is 2. The van der Waals surface area contributed by atoms with Crippen molar-refractivity contribution in [2.24, 2.45) is 5.16 Å². The molecule has 1 aliphatic rings. The largest absolute Gasteiger partial charge is 0.479 e. The summed E-state index contributed by atoms with van der Waals surface area (Å²) in [7, 11) is -4.48. The molecule has 0 aliphatic carbocycles. The van der Waals surface area contributed by atoms with Crippen LogP contribution in [-0.4, -0.2) is 75.7 Å². The predicted octanol–water partition coefficient (Wildman–Crippen LogP) is -1.59. The molecule has 2 heterocycles. The van der Waals surface area contributed by atoms with Gasteiger partial charge in [0.2, 0.25) is 12.5 Å². The summed E-state index contributed by atoms with van der Waals surface area (Å²) in [5.74, 6) is -4.16. The number of carboxylic acid groups (broad SMARTS) is 1. The summed E-state index contributed by atoms with van der Waals surface area (Å²) in [6.45, 7) is 2.13. The molecule has 0 spiro atoms. The Kier molecular flexibility index (Phi) is 6.41. The number of hydrogen-bond acceptors (Lipinski definition) is 11. The van der Waals surface area contributed by atoms with Gasteiger partial charge in [0.25, 0.3) is 21.9 Å². The molecule has 0 unspecified atom stereocenters. The van der Waals surface area contributed by atoms with Crippen molar-refractivity contribution >= 4 is 50.1 Å². The third-order valence-electron chi connectivity index (χ3n) is 3.61. The number of nitrogens with one attached hydrogen (secondary N) is 1. The normalized spacial score (nSPS) is 18.9. The van der Waals surface area contributed by atoms with Crippen LogP contribution in [0.25, 0.3) is 0 Å². The molecular formula is C13H17N5O9S2. The number of hydrogen-bond donors (Lipinski definition) is 4. The molecule has 1 saturated heterocycles. The Morgan fingerprint density at radius 2 is 2.14 bits per heavy atom. The van der Waals surface area contributed by atoms with Gasteiger partial charge in [-0.15, -0.1) is 11.3 Å². The fourth-order valence-corrected chi connectivity index (χ4v) is 3.08. The average molecular weight is 451 g/mol. The number of rotatable bonds is 9. The van der Waals surface area contributed by atoms with Gasteiger partial charge in [-0.2, -0.15) is 8.42 Å². The summed E-state index contributed by atoms with van der Waals surface area (Å²) in [5.41, 5.74) is 3.93. The van der Waals surface area contributed by atoms with E-state index in [-0.39, 0.29) is 10.8 Å². The minimum Gasteiger partial charge on any atom is -0.479 e. The molecule has 1 fully saturated rings. The fraction of sp³-hybridized carbons (Fsp3) is 0.462. The SMILES string of the molecule is CC1(C)[C@H](NC(=O)C(=NOCC(=O)O)c2csc(N)n2)C(=O)N1OCS(=O)(=O)O. The number of amides is 2. The summed E-state index contributed by atoms with van der Waals surface area (Å²) in [4.78, 5) is 48.6. The van der Waals surface area contributed by atoms with Crippen molar-refractivity contribution in [1.82, 2.24) is 15.4 Å². The van der Waals surface area contributed by atoms with Gasteiger partial charge in [0.15, 0.2) is 10.8 Å². The van der Waals surface area contributed by atoms with Gasteiger partial charge in [-0.1, -0.05) is 5.16 Å². The minimum atomic E-state index is -4.48. The second-order valence-electron chi connectivity index (χ2n) is 6.20. The van der Waals surface area contributed by atoms with E-state index in [0.29, 0.717) is 5.06 Å². The second-order valence-corrected chi connectivity index (χ2v) is 8.49. The molecule has 0 radical (unpaired) electrons. The molecule has 14 nitrogen and oxygen atoms in total. The number of anilines is 1. The van der Waals surface area contributed by atoms with Gasteiger partial charge in [0, 0.05) is 5.38 Å². The van der Waals surface area contributed by atoms with Crippen LogP contribution < -0.4 is 11.1 Å². The third-order valence-corrected chi connectivity index (χ3v) is 4.68. The van der Waals surface area contributed by atoms with Crippen molar-refractivity contribution in [3.8, 4) is 0 Å². The quantitative estimate of drug-likeness (QED) is 0.145. The maximum absolute atomic E-state index is 12.6.